The molecule has 0 radical (unpaired) electrons. The van der Waals surface area contributed by atoms with Crippen LogP contribution in [0.15, 0.2) is 46.9 Å². The first kappa shape index (κ1) is 16.2. The van der Waals surface area contributed by atoms with E-state index in [4.69, 9.17) is 0 Å². The summed E-state index contributed by atoms with van der Waals surface area (Å²) in [7, 11) is 0. The SMILES string of the molecule is CCNCC(Cc1ccc(Br)cc1F)c1ccc(C)cc1. The van der Waals surface area contributed by atoms with Gasteiger partial charge in [0, 0.05) is 16.9 Å². The molecule has 2 aromatic carbocycles. The van der Waals surface area contributed by atoms with Crippen molar-refractivity contribution in [3.05, 3.63) is 69.4 Å². The fraction of sp³-hybridized carbons (Fsp3) is 0.333. The fourth-order valence-electron chi connectivity index (χ4n) is 2.42. The average Bonchev–Trinajstić information content (AvgIpc) is 2.46. The number of aryl methyl sites for hydroxylation is 1. The van der Waals surface area contributed by atoms with E-state index in [1.165, 1.54) is 17.2 Å². The van der Waals surface area contributed by atoms with Gasteiger partial charge in [-0.25, -0.2) is 4.39 Å². The van der Waals surface area contributed by atoms with Gasteiger partial charge in [0.25, 0.3) is 0 Å². The molecule has 1 nitrogen and oxygen atoms in total. The van der Waals surface area contributed by atoms with Gasteiger partial charge >= 0.3 is 0 Å². The van der Waals surface area contributed by atoms with Gasteiger partial charge in [-0.05, 0) is 43.1 Å². The molecule has 1 atom stereocenters. The highest BCUT2D eigenvalue weighted by Crippen LogP contribution is 2.24. The van der Waals surface area contributed by atoms with E-state index in [9.17, 15) is 4.39 Å². The summed E-state index contributed by atoms with van der Waals surface area (Å²) in [6.07, 6.45) is 0.704. The second kappa shape index (κ2) is 7.71. The van der Waals surface area contributed by atoms with Gasteiger partial charge in [0.15, 0.2) is 0 Å². The van der Waals surface area contributed by atoms with Gasteiger partial charge in [0.2, 0.25) is 0 Å². The normalized spacial score (nSPS) is 12.4. The average molecular weight is 350 g/mol. The van der Waals surface area contributed by atoms with Gasteiger partial charge in [-0.15, -0.1) is 0 Å². The van der Waals surface area contributed by atoms with Crippen LogP contribution in [-0.2, 0) is 6.42 Å². The quantitative estimate of drug-likeness (QED) is 0.787. The second-order valence-electron chi connectivity index (χ2n) is 5.36. The summed E-state index contributed by atoms with van der Waals surface area (Å²) in [6.45, 7) is 5.95. The largest absolute Gasteiger partial charge is 0.316 e. The maximum Gasteiger partial charge on any atom is 0.127 e. The van der Waals surface area contributed by atoms with Crippen LogP contribution in [0.4, 0.5) is 4.39 Å². The Morgan fingerprint density at radius 3 is 2.48 bits per heavy atom. The molecule has 0 saturated carbocycles. The highest BCUT2D eigenvalue weighted by atomic mass is 79.9. The molecule has 2 aromatic rings. The summed E-state index contributed by atoms with van der Waals surface area (Å²) < 4.78 is 14.8. The predicted molar refractivity (Wildman–Crippen MR) is 90.3 cm³/mol. The Balaban J connectivity index is 2.21. The topological polar surface area (TPSA) is 12.0 Å². The number of hydrogen-bond donors (Lipinski definition) is 1. The van der Waals surface area contributed by atoms with Crippen LogP contribution in [0.1, 0.15) is 29.5 Å². The Labute approximate surface area is 134 Å². The molecule has 2 rings (SSSR count). The lowest BCUT2D eigenvalue weighted by Gasteiger charge is -2.19. The third-order valence-corrected chi connectivity index (χ3v) is 4.16. The summed E-state index contributed by atoms with van der Waals surface area (Å²) in [5.74, 6) is 0.138. The molecule has 0 saturated heterocycles. The van der Waals surface area contributed by atoms with Gasteiger partial charge in [0.1, 0.15) is 5.82 Å². The zero-order valence-electron chi connectivity index (χ0n) is 12.5. The molecule has 0 heterocycles. The first-order valence-electron chi connectivity index (χ1n) is 7.31. The van der Waals surface area contributed by atoms with Crippen LogP contribution in [0.5, 0.6) is 0 Å². The van der Waals surface area contributed by atoms with Crippen LogP contribution in [0, 0.1) is 12.7 Å². The Hall–Kier alpha value is -1.19. The molecule has 0 amide bonds. The summed E-state index contributed by atoms with van der Waals surface area (Å²) >= 11 is 3.30. The molecular weight excluding hydrogens is 329 g/mol. The van der Waals surface area contributed by atoms with Crippen molar-refractivity contribution in [2.24, 2.45) is 0 Å². The number of hydrogen-bond acceptors (Lipinski definition) is 1. The van der Waals surface area contributed by atoms with Crippen molar-refractivity contribution in [2.45, 2.75) is 26.2 Å². The van der Waals surface area contributed by atoms with Gasteiger partial charge in [-0.3, -0.25) is 0 Å². The van der Waals surface area contributed by atoms with Crippen molar-refractivity contribution in [1.82, 2.24) is 5.32 Å². The van der Waals surface area contributed by atoms with Crippen molar-refractivity contribution in [3.63, 3.8) is 0 Å². The molecule has 112 valence electrons. The van der Waals surface area contributed by atoms with Crippen molar-refractivity contribution < 1.29 is 4.39 Å². The third kappa shape index (κ3) is 4.65. The monoisotopic (exact) mass is 349 g/mol. The van der Waals surface area contributed by atoms with Crippen LogP contribution >= 0.6 is 15.9 Å². The zero-order valence-corrected chi connectivity index (χ0v) is 14.1. The van der Waals surface area contributed by atoms with E-state index >= 15 is 0 Å². The Morgan fingerprint density at radius 2 is 1.86 bits per heavy atom. The van der Waals surface area contributed by atoms with E-state index in [2.05, 4.69) is 59.4 Å². The second-order valence-corrected chi connectivity index (χ2v) is 6.27. The molecular formula is C18H21BrFN. The molecule has 21 heavy (non-hydrogen) atoms. The van der Waals surface area contributed by atoms with Crippen molar-refractivity contribution in [1.29, 1.82) is 0 Å². The van der Waals surface area contributed by atoms with Crippen LogP contribution in [0.3, 0.4) is 0 Å². The van der Waals surface area contributed by atoms with E-state index in [1.807, 2.05) is 12.1 Å². The Kier molecular flexibility index (Phi) is 5.95. The van der Waals surface area contributed by atoms with E-state index in [0.29, 0.717) is 6.42 Å². The third-order valence-electron chi connectivity index (χ3n) is 3.67. The number of likely N-dealkylation sites (N-methyl/N-ethyl adjacent to an activating group) is 1. The highest BCUT2D eigenvalue weighted by molar-refractivity contribution is 9.10. The number of nitrogens with one attached hydrogen (secondary N) is 1. The van der Waals surface area contributed by atoms with E-state index in [-0.39, 0.29) is 11.7 Å². The minimum absolute atomic E-state index is 0.141. The van der Waals surface area contributed by atoms with Crippen molar-refractivity contribution in [3.8, 4) is 0 Å². The smallest absolute Gasteiger partial charge is 0.127 e. The summed E-state index contributed by atoms with van der Waals surface area (Å²) in [5, 5.41) is 3.38. The lowest BCUT2D eigenvalue weighted by molar-refractivity contribution is 0.562. The van der Waals surface area contributed by atoms with Gasteiger partial charge < -0.3 is 5.32 Å². The van der Waals surface area contributed by atoms with Gasteiger partial charge in [-0.1, -0.05) is 58.7 Å². The lowest BCUT2D eigenvalue weighted by Crippen LogP contribution is -2.23. The summed E-state index contributed by atoms with van der Waals surface area (Å²) in [6, 6.07) is 13.8. The van der Waals surface area contributed by atoms with Crippen LogP contribution in [-0.4, -0.2) is 13.1 Å². The zero-order chi connectivity index (χ0) is 15.2. The maximum atomic E-state index is 14.1. The minimum atomic E-state index is -0.141. The number of benzene rings is 2. The van der Waals surface area contributed by atoms with Crippen molar-refractivity contribution >= 4 is 15.9 Å². The van der Waals surface area contributed by atoms with E-state index < -0.39 is 0 Å². The predicted octanol–water partition coefficient (Wildman–Crippen LogP) is 4.83. The minimum Gasteiger partial charge on any atom is -0.316 e. The van der Waals surface area contributed by atoms with E-state index in [0.717, 1.165) is 23.1 Å². The fourth-order valence-corrected chi connectivity index (χ4v) is 2.75. The van der Waals surface area contributed by atoms with Gasteiger partial charge in [0.05, 0.1) is 0 Å². The molecule has 1 unspecified atom stereocenters. The van der Waals surface area contributed by atoms with E-state index in [1.54, 1.807) is 0 Å². The Bertz CT molecular complexity index is 580. The lowest BCUT2D eigenvalue weighted by atomic mass is 9.91. The molecule has 0 aliphatic carbocycles. The first-order valence-corrected chi connectivity index (χ1v) is 8.10. The van der Waals surface area contributed by atoms with Crippen LogP contribution in [0.2, 0.25) is 0 Å². The molecule has 0 bridgehead atoms. The van der Waals surface area contributed by atoms with Crippen LogP contribution < -0.4 is 5.32 Å². The van der Waals surface area contributed by atoms with Gasteiger partial charge in [-0.2, -0.15) is 0 Å². The molecule has 0 aromatic heterocycles. The number of rotatable bonds is 6. The summed E-state index contributed by atoms with van der Waals surface area (Å²) in [4.78, 5) is 0. The molecule has 0 fully saturated rings. The summed E-state index contributed by atoms with van der Waals surface area (Å²) in [5.41, 5.74) is 3.27. The maximum absolute atomic E-state index is 14.1. The molecule has 0 aliphatic heterocycles. The standard InChI is InChI=1S/C18H21BrFN/c1-3-21-12-16(14-6-4-13(2)5-7-14)10-15-8-9-17(19)11-18(15)20/h4-9,11,16,21H,3,10,12H2,1-2H3. The highest BCUT2D eigenvalue weighted by Gasteiger charge is 2.14. The first-order chi connectivity index (χ1) is 10.1. The van der Waals surface area contributed by atoms with Crippen LogP contribution in [0.25, 0.3) is 0 Å². The number of halogens is 2. The molecule has 1 N–H and O–H groups in total. The molecule has 3 heteroatoms. The Morgan fingerprint density at radius 1 is 1.14 bits per heavy atom. The molecule has 0 aliphatic rings. The van der Waals surface area contributed by atoms with Crippen molar-refractivity contribution in [2.75, 3.05) is 13.1 Å². The molecule has 0 spiro atoms.